The summed E-state index contributed by atoms with van der Waals surface area (Å²) in [6, 6.07) is 6.89. The molecule has 0 atom stereocenters. The summed E-state index contributed by atoms with van der Waals surface area (Å²) in [5, 5.41) is 12.5. The number of hydrogen-bond donors (Lipinski definition) is 2. The summed E-state index contributed by atoms with van der Waals surface area (Å²) < 4.78 is 0. The first-order chi connectivity index (χ1) is 9.47. The number of amides is 1. The fraction of sp³-hybridized carbons (Fsp3) is 0.154. The molecule has 7 heteroatoms. The Hall–Kier alpha value is -1.92. The van der Waals surface area contributed by atoms with Crippen LogP contribution in [0.1, 0.15) is 20.4 Å². The van der Waals surface area contributed by atoms with E-state index in [2.05, 4.69) is 10.3 Å². The molecule has 20 heavy (non-hydrogen) atoms. The molecule has 1 amide bonds. The summed E-state index contributed by atoms with van der Waals surface area (Å²) in [5.74, 6) is -1.32. The largest absolute Gasteiger partial charge is 0.477 e. The number of carboxylic acid groups (broad SMARTS) is 1. The van der Waals surface area contributed by atoms with E-state index in [0.29, 0.717) is 21.4 Å². The number of aryl methyl sites for hydroxylation is 1. The number of carbonyl (C=O) groups is 2. The number of nitrogens with one attached hydrogen (secondary N) is 1. The smallest absolute Gasteiger partial charge is 0.347 e. The lowest BCUT2D eigenvalue weighted by Gasteiger charge is -2.05. The molecule has 0 aliphatic heterocycles. The molecule has 104 valence electrons. The number of thiazole rings is 1. The van der Waals surface area contributed by atoms with Crippen LogP contribution in [0.4, 0.5) is 5.69 Å². The lowest BCUT2D eigenvalue weighted by molar-refractivity contribution is -0.115. The highest BCUT2D eigenvalue weighted by Gasteiger charge is 2.16. The Bertz CT molecular complexity index is 669. The highest BCUT2D eigenvalue weighted by molar-refractivity contribution is 7.13. The fourth-order valence-corrected chi connectivity index (χ4v) is 2.71. The van der Waals surface area contributed by atoms with Gasteiger partial charge in [0.1, 0.15) is 9.88 Å². The van der Waals surface area contributed by atoms with E-state index >= 15 is 0 Å². The summed E-state index contributed by atoms with van der Waals surface area (Å²) in [6.07, 6.45) is 0.0179. The molecule has 5 nitrogen and oxygen atoms in total. The predicted molar refractivity (Wildman–Crippen MR) is 77.6 cm³/mol. The monoisotopic (exact) mass is 310 g/mol. The first-order valence-corrected chi connectivity index (χ1v) is 6.91. The van der Waals surface area contributed by atoms with Crippen LogP contribution in [-0.2, 0) is 11.2 Å². The van der Waals surface area contributed by atoms with Gasteiger partial charge in [-0.05, 0) is 19.1 Å². The highest BCUT2D eigenvalue weighted by Crippen LogP contribution is 2.22. The van der Waals surface area contributed by atoms with Crippen molar-refractivity contribution in [2.45, 2.75) is 13.3 Å². The average molecular weight is 311 g/mol. The molecule has 1 aromatic heterocycles. The second-order valence-corrected chi connectivity index (χ2v) is 5.52. The second-order valence-electron chi connectivity index (χ2n) is 4.03. The minimum absolute atomic E-state index is 0.0179. The van der Waals surface area contributed by atoms with E-state index in [1.54, 1.807) is 31.2 Å². The van der Waals surface area contributed by atoms with Gasteiger partial charge in [-0.3, -0.25) is 4.79 Å². The molecule has 2 N–H and O–H groups in total. The first-order valence-electron chi connectivity index (χ1n) is 5.71. The van der Waals surface area contributed by atoms with Gasteiger partial charge in [0, 0.05) is 0 Å². The molecule has 0 unspecified atom stereocenters. The van der Waals surface area contributed by atoms with Crippen LogP contribution < -0.4 is 5.32 Å². The Balaban J connectivity index is 2.07. The molecule has 2 aromatic rings. The maximum absolute atomic E-state index is 11.9. The number of aromatic carboxylic acids is 1. The number of benzene rings is 1. The molecular formula is C13H11ClN2O3S. The van der Waals surface area contributed by atoms with Gasteiger partial charge in [0.25, 0.3) is 0 Å². The van der Waals surface area contributed by atoms with E-state index in [1.807, 2.05) is 0 Å². The fourth-order valence-electron chi connectivity index (χ4n) is 1.62. The molecule has 1 aromatic carbocycles. The molecule has 0 aliphatic carbocycles. The number of para-hydroxylation sites is 1. The van der Waals surface area contributed by atoms with Crippen LogP contribution in [0.2, 0.25) is 5.02 Å². The van der Waals surface area contributed by atoms with Crippen molar-refractivity contribution in [3.8, 4) is 0 Å². The van der Waals surface area contributed by atoms with Crippen molar-refractivity contribution in [2.24, 2.45) is 0 Å². The van der Waals surface area contributed by atoms with Crippen LogP contribution in [0.15, 0.2) is 24.3 Å². The minimum atomic E-state index is -1.03. The average Bonchev–Trinajstić information content (AvgIpc) is 2.73. The molecular weight excluding hydrogens is 300 g/mol. The summed E-state index contributed by atoms with van der Waals surface area (Å²) in [4.78, 5) is 27.0. The van der Waals surface area contributed by atoms with Crippen molar-refractivity contribution in [3.05, 3.63) is 44.9 Å². The van der Waals surface area contributed by atoms with E-state index in [9.17, 15) is 9.59 Å². The van der Waals surface area contributed by atoms with Gasteiger partial charge in [0.05, 0.1) is 22.8 Å². The van der Waals surface area contributed by atoms with Crippen LogP contribution in [0.5, 0.6) is 0 Å². The zero-order chi connectivity index (χ0) is 14.7. The molecule has 0 spiro atoms. The number of halogens is 1. The maximum Gasteiger partial charge on any atom is 0.347 e. The van der Waals surface area contributed by atoms with Crippen molar-refractivity contribution in [1.82, 2.24) is 4.98 Å². The summed E-state index contributed by atoms with van der Waals surface area (Å²) in [6.45, 7) is 1.61. The Morgan fingerprint density at radius 3 is 2.70 bits per heavy atom. The molecule has 0 saturated heterocycles. The number of anilines is 1. The second kappa shape index (κ2) is 6.02. The van der Waals surface area contributed by atoms with Crippen molar-refractivity contribution in [2.75, 3.05) is 5.32 Å². The van der Waals surface area contributed by atoms with Crippen molar-refractivity contribution < 1.29 is 14.7 Å². The Kier molecular flexibility index (Phi) is 4.36. The van der Waals surface area contributed by atoms with Gasteiger partial charge in [0.2, 0.25) is 5.91 Å². The maximum atomic E-state index is 11.9. The third-order valence-corrected chi connectivity index (χ3v) is 3.97. The number of rotatable bonds is 4. The zero-order valence-electron chi connectivity index (χ0n) is 10.5. The first kappa shape index (κ1) is 14.5. The van der Waals surface area contributed by atoms with Gasteiger partial charge in [0.15, 0.2) is 0 Å². The number of aromatic nitrogens is 1. The summed E-state index contributed by atoms with van der Waals surface area (Å²) in [7, 11) is 0. The van der Waals surface area contributed by atoms with Crippen molar-refractivity contribution in [1.29, 1.82) is 0 Å². The SMILES string of the molecule is Cc1nc(CC(=O)Nc2ccccc2Cl)sc1C(=O)O. The lowest BCUT2D eigenvalue weighted by atomic mass is 10.3. The lowest BCUT2D eigenvalue weighted by Crippen LogP contribution is -2.14. The van der Waals surface area contributed by atoms with Gasteiger partial charge in [-0.25, -0.2) is 9.78 Å². The third kappa shape index (κ3) is 3.34. The number of carboxylic acids is 1. The molecule has 0 radical (unpaired) electrons. The normalized spacial score (nSPS) is 10.3. The van der Waals surface area contributed by atoms with Gasteiger partial charge in [-0.15, -0.1) is 11.3 Å². The molecule has 0 saturated carbocycles. The molecule has 2 rings (SSSR count). The predicted octanol–water partition coefficient (Wildman–Crippen LogP) is 2.98. The van der Waals surface area contributed by atoms with Gasteiger partial charge >= 0.3 is 5.97 Å². The topological polar surface area (TPSA) is 79.3 Å². The Labute approximate surface area is 124 Å². The van der Waals surface area contributed by atoms with E-state index in [1.165, 1.54) is 0 Å². The molecule has 0 aliphatic rings. The van der Waals surface area contributed by atoms with Gasteiger partial charge in [-0.1, -0.05) is 23.7 Å². The standard InChI is InChI=1S/C13H11ClN2O3S/c1-7-12(13(18)19)20-11(15-7)6-10(17)16-9-5-3-2-4-8(9)14/h2-5H,6H2,1H3,(H,16,17)(H,18,19). The highest BCUT2D eigenvalue weighted by atomic mass is 35.5. The number of carbonyl (C=O) groups excluding carboxylic acids is 1. The number of nitrogens with zero attached hydrogens (tertiary/aromatic N) is 1. The van der Waals surface area contributed by atoms with Crippen LogP contribution >= 0.6 is 22.9 Å². The van der Waals surface area contributed by atoms with Crippen LogP contribution in [-0.4, -0.2) is 22.0 Å². The van der Waals surface area contributed by atoms with E-state index in [4.69, 9.17) is 16.7 Å². The minimum Gasteiger partial charge on any atom is -0.477 e. The molecule has 0 bridgehead atoms. The molecule has 1 heterocycles. The van der Waals surface area contributed by atoms with Crippen molar-refractivity contribution in [3.63, 3.8) is 0 Å². The quantitative estimate of drug-likeness (QED) is 0.910. The van der Waals surface area contributed by atoms with Gasteiger partial charge < -0.3 is 10.4 Å². The van der Waals surface area contributed by atoms with E-state index in [0.717, 1.165) is 11.3 Å². The zero-order valence-corrected chi connectivity index (χ0v) is 12.1. The third-order valence-electron chi connectivity index (χ3n) is 2.49. The summed E-state index contributed by atoms with van der Waals surface area (Å²) >= 11 is 6.94. The Morgan fingerprint density at radius 2 is 2.10 bits per heavy atom. The Morgan fingerprint density at radius 1 is 1.40 bits per heavy atom. The number of hydrogen-bond acceptors (Lipinski definition) is 4. The van der Waals surface area contributed by atoms with Crippen molar-refractivity contribution >= 4 is 40.5 Å². The van der Waals surface area contributed by atoms with Gasteiger partial charge in [-0.2, -0.15) is 0 Å². The summed E-state index contributed by atoms with van der Waals surface area (Å²) in [5.41, 5.74) is 0.939. The van der Waals surface area contributed by atoms with Crippen LogP contribution in [0, 0.1) is 6.92 Å². The van der Waals surface area contributed by atoms with Crippen LogP contribution in [0.25, 0.3) is 0 Å². The van der Waals surface area contributed by atoms with Crippen LogP contribution in [0.3, 0.4) is 0 Å². The van der Waals surface area contributed by atoms with E-state index in [-0.39, 0.29) is 17.2 Å². The molecule has 0 fully saturated rings. The van der Waals surface area contributed by atoms with E-state index < -0.39 is 5.97 Å².